The molecule has 0 radical (unpaired) electrons. The number of amides is 1. The monoisotopic (exact) mass is 273 g/mol. The molecule has 5 heteroatoms. The molecule has 4 rings (SSSR count). The first-order chi connectivity index (χ1) is 9.31. The molecule has 2 aromatic heterocycles. The summed E-state index contributed by atoms with van der Waals surface area (Å²) in [6, 6.07) is 4.69. The average molecular weight is 273 g/mol. The maximum absolute atomic E-state index is 12.4. The highest BCUT2D eigenvalue weighted by Crippen LogP contribution is 2.31. The zero-order valence-corrected chi connectivity index (χ0v) is 11.2. The van der Waals surface area contributed by atoms with Gasteiger partial charge in [-0.15, -0.1) is 11.3 Å². The molecule has 1 saturated heterocycles. The van der Waals surface area contributed by atoms with Gasteiger partial charge in [0.1, 0.15) is 5.69 Å². The summed E-state index contributed by atoms with van der Waals surface area (Å²) >= 11 is 1.58. The zero-order valence-electron chi connectivity index (χ0n) is 10.4. The lowest BCUT2D eigenvalue weighted by Gasteiger charge is -2.23. The minimum atomic E-state index is -0.0348. The fourth-order valence-electron chi connectivity index (χ4n) is 3.30. The maximum Gasteiger partial charge on any atom is 0.271 e. The number of nitrogens with zero attached hydrogens (tertiary/aromatic N) is 1. The molecule has 2 N–H and O–H groups in total. The van der Waals surface area contributed by atoms with Gasteiger partial charge in [0.2, 0.25) is 0 Å². The van der Waals surface area contributed by atoms with Crippen LogP contribution in [-0.2, 0) is 0 Å². The van der Waals surface area contributed by atoms with Crippen LogP contribution in [-0.4, -0.2) is 29.5 Å². The van der Waals surface area contributed by atoms with Crippen LogP contribution in [0.5, 0.6) is 0 Å². The summed E-state index contributed by atoms with van der Waals surface area (Å²) in [7, 11) is 0. The van der Waals surface area contributed by atoms with Crippen LogP contribution in [0.4, 0.5) is 0 Å². The summed E-state index contributed by atoms with van der Waals surface area (Å²) in [6.07, 6.45) is 4.01. The second-order valence-electron chi connectivity index (χ2n) is 5.43. The molecule has 1 saturated carbocycles. The predicted octanol–water partition coefficient (Wildman–Crippen LogP) is 1.78. The number of aromatic nitrogens is 1. The number of carbonyl (C=O) groups excluding carboxylic acids is 1. The third kappa shape index (κ3) is 1.84. The first kappa shape index (κ1) is 11.4. The van der Waals surface area contributed by atoms with Crippen molar-refractivity contribution in [2.24, 2.45) is 5.92 Å². The summed E-state index contributed by atoms with van der Waals surface area (Å²) in [6.45, 7) is 1.11. The molecule has 3 unspecified atom stereocenters. The fourth-order valence-corrected chi connectivity index (χ4v) is 4.18. The maximum atomic E-state index is 12.4. The Morgan fingerprint density at radius 2 is 2.37 bits per heavy atom. The van der Waals surface area contributed by atoms with E-state index in [1.807, 2.05) is 17.5 Å². The quantitative estimate of drug-likeness (QED) is 0.877. The van der Waals surface area contributed by atoms with Crippen molar-refractivity contribution in [2.45, 2.75) is 24.9 Å². The number of hydrogen-bond donors (Lipinski definition) is 2. The molecule has 0 spiro atoms. The van der Waals surface area contributed by atoms with Gasteiger partial charge in [-0.3, -0.25) is 4.79 Å². The Morgan fingerprint density at radius 3 is 3.16 bits per heavy atom. The molecule has 98 valence electrons. The summed E-state index contributed by atoms with van der Waals surface area (Å²) < 4.78 is 0.983. The van der Waals surface area contributed by atoms with Crippen molar-refractivity contribution in [1.29, 1.82) is 0 Å². The Hall–Kier alpha value is -1.46. The third-order valence-corrected chi connectivity index (χ3v) is 5.17. The predicted molar refractivity (Wildman–Crippen MR) is 75.4 cm³/mol. The van der Waals surface area contributed by atoms with Gasteiger partial charge in [0.25, 0.3) is 5.91 Å². The van der Waals surface area contributed by atoms with E-state index in [1.165, 1.54) is 6.42 Å². The van der Waals surface area contributed by atoms with Gasteiger partial charge < -0.3 is 10.6 Å². The summed E-state index contributed by atoms with van der Waals surface area (Å²) in [4.78, 5) is 16.7. The Kier molecular flexibility index (Phi) is 2.56. The number of pyridine rings is 1. The second-order valence-corrected chi connectivity index (χ2v) is 6.35. The highest BCUT2D eigenvalue weighted by atomic mass is 32.1. The van der Waals surface area contributed by atoms with E-state index in [1.54, 1.807) is 17.5 Å². The number of carbonyl (C=O) groups is 1. The van der Waals surface area contributed by atoms with Crippen molar-refractivity contribution in [3.8, 4) is 0 Å². The minimum Gasteiger partial charge on any atom is -0.346 e. The van der Waals surface area contributed by atoms with Crippen LogP contribution in [0.15, 0.2) is 23.7 Å². The lowest BCUT2D eigenvalue weighted by molar-refractivity contribution is 0.0925. The molecule has 3 atom stereocenters. The van der Waals surface area contributed by atoms with Gasteiger partial charge in [0, 0.05) is 18.3 Å². The molecular formula is C14H15N3OS. The number of nitrogens with one attached hydrogen (secondary N) is 2. The zero-order chi connectivity index (χ0) is 12.8. The van der Waals surface area contributed by atoms with Gasteiger partial charge in [0.15, 0.2) is 0 Å². The van der Waals surface area contributed by atoms with Crippen molar-refractivity contribution >= 4 is 27.3 Å². The highest BCUT2D eigenvalue weighted by molar-refractivity contribution is 7.17. The molecule has 0 aromatic carbocycles. The Labute approximate surface area is 115 Å². The van der Waals surface area contributed by atoms with E-state index in [0.29, 0.717) is 11.7 Å². The van der Waals surface area contributed by atoms with Gasteiger partial charge in [-0.2, -0.15) is 0 Å². The Balaban J connectivity index is 1.59. The van der Waals surface area contributed by atoms with Gasteiger partial charge >= 0.3 is 0 Å². The highest BCUT2D eigenvalue weighted by Gasteiger charge is 2.40. The second kappa shape index (κ2) is 4.28. The third-order valence-electron chi connectivity index (χ3n) is 4.23. The molecule has 19 heavy (non-hydrogen) atoms. The van der Waals surface area contributed by atoms with E-state index in [-0.39, 0.29) is 11.9 Å². The molecule has 2 aromatic rings. The summed E-state index contributed by atoms with van der Waals surface area (Å²) in [5.41, 5.74) is 0.565. The van der Waals surface area contributed by atoms with Gasteiger partial charge in [-0.25, -0.2) is 4.98 Å². The van der Waals surface area contributed by atoms with Gasteiger partial charge in [0.05, 0.1) is 4.70 Å². The molecular weight excluding hydrogens is 258 g/mol. The number of hydrogen-bond acceptors (Lipinski definition) is 4. The van der Waals surface area contributed by atoms with Crippen molar-refractivity contribution in [1.82, 2.24) is 15.6 Å². The van der Waals surface area contributed by atoms with Crippen LogP contribution in [0.25, 0.3) is 10.1 Å². The van der Waals surface area contributed by atoms with Crippen molar-refractivity contribution in [3.05, 3.63) is 29.4 Å². The van der Waals surface area contributed by atoms with Crippen molar-refractivity contribution < 1.29 is 4.79 Å². The van der Waals surface area contributed by atoms with Crippen LogP contribution in [0.1, 0.15) is 23.3 Å². The summed E-state index contributed by atoms with van der Waals surface area (Å²) in [5, 5.41) is 9.71. The molecule has 1 amide bonds. The van der Waals surface area contributed by atoms with Crippen LogP contribution in [0.3, 0.4) is 0 Å². The Morgan fingerprint density at radius 1 is 1.42 bits per heavy atom. The fraction of sp³-hybridized carbons (Fsp3) is 0.429. The molecule has 2 aliphatic rings. The van der Waals surface area contributed by atoms with Crippen LogP contribution in [0.2, 0.25) is 0 Å². The van der Waals surface area contributed by atoms with Crippen LogP contribution >= 0.6 is 11.3 Å². The normalized spacial score (nSPS) is 28.9. The molecule has 4 nitrogen and oxygen atoms in total. The standard InChI is InChI=1S/C14H15N3OS/c18-14(17-11-6-8-5-10(11)16-7-8)12-13-9(1-3-15-12)2-4-19-13/h1-4,8,10-11,16H,5-7H2,(H,17,18). The van der Waals surface area contributed by atoms with Crippen LogP contribution in [0, 0.1) is 5.92 Å². The average Bonchev–Trinajstić information content (AvgIpc) is 3.13. The van der Waals surface area contributed by atoms with E-state index in [0.717, 1.165) is 29.0 Å². The largest absolute Gasteiger partial charge is 0.346 e. The number of piperidine rings is 1. The van der Waals surface area contributed by atoms with E-state index in [4.69, 9.17) is 0 Å². The molecule has 2 fully saturated rings. The van der Waals surface area contributed by atoms with E-state index in [9.17, 15) is 4.79 Å². The Bertz CT molecular complexity index is 638. The first-order valence-electron chi connectivity index (χ1n) is 6.68. The lowest BCUT2D eigenvalue weighted by Crippen LogP contribution is -2.48. The molecule has 2 bridgehead atoms. The summed E-state index contributed by atoms with van der Waals surface area (Å²) in [5.74, 6) is 0.702. The SMILES string of the molecule is O=C(NC1CC2CNC1C2)c1nccc2ccsc12. The number of thiophene rings is 1. The van der Waals surface area contributed by atoms with E-state index >= 15 is 0 Å². The molecule has 3 heterocycles. The molecule has 1 aliphatic heterocycles. The lowest BCUT2D eigenvalue weighted by atomic mass is 10.1. The van der Waals surface area contributed by atoms with Gasteiger partial charge in [-0.1, -0.05) is 0 Å². The van der Waals surface area contributed by atoms with Crippen LogP contribution < -0.4 is 10.6 Å². The number of fused-ring (bicyclic) bond motifs is 3. The smallest absolute Gasteiger partial charge is 0.271 e. The number of rotatable bonds is 2. The van der Waals surface area contributed by atoms with Crippen molar-refractivity contribution in [2.75, 3.05) is 6.54 Å². The van der Waals surface area contributed by atoms with E-state index in [2.05, 4.69) is 15.6 Å². The van der Waals surface area contributed by atoms with E-state index < -0.39 is 0 Å². The molecule has 1 aliphatic carbocycles. The topological polar surface area (TPSA) is 54.0 Å². The first-order valence-corrected chi connectivity index (χ1v) is 7.55. The van der Waals surface area contributed by atoms with Crippen molar-refractivity contribution in [3.63, 3.8) is 0 Å². The van der Waals surface area contributed by atoms with Gasteiger partial charge in [-0.05, 0) is 48.2 Å². The minimum absolute atomic E-state index is 0.0348.